The van der Waals surface area contributed by atoms with Gasteiger partial charge in [-0.05, 0) is 79.5 Å². The normalized spacial score (nSPS) is 13.1. The summed E-state index contributed by atoms with van der Waals surface area (Å²) in [7, 11) is 0. The molecule has 1 aliphatic heterocycles. The maximum Gasteiger partial charge on any atom is 0.293 e. The van der Waals surface area contributed by atoms with Gasteiger partial charge in [0.25, 0.3) is 11.6 Å². The molecule has 4 aromatic rings. The van der Waals surface area contributed by atoms with Gasteiger partial charge in [0.15, 0.2) is 10.7 Å². The summed E-state index contributed by atoms with van der Waals surface area (Å²) in [5, 5.41) is 17.3. The van der Waals surface area contributed by atoms with Crippen LogP contribution in [0.2, 0.25) is 0 Å². The summed E-state index contributed by atoms with van der Waals surface area (Å²) in [6, 6.07) is 17.8. The molecule has 1 saturated heterocycles. The Kier molecular flexibility index (Phi) is 6.82. The molecule has 0 unspecified atom stereocenters. The number of aryl methyl sites for hydroxylation is 1. The molecular weight excluding hydrogens is 490 g/mol. The molecule has 9 nitrogen and oxygen atoms in total. The molecule has 0 spiro atoms. The van der Waals surface area contributed by atoms with Gasteiger partial charge in [-0.1, -0.05) is 19.1 Å². The number of rotatable bonds is 6. The molecule has 0 radical (unpaired) electrons. The lowest BCUT2D eigenvalue weighted by Gasteiger charge is -2.18. The fourth-order valence-electron chi connectivity index (χ4n) is 4.42. The van der Waals surface area contributed by atoms with Crippen molar-refractivity contribution in [3.63, 3.8) is 0 Å². The summed E-state index contributed by atoms with van der Waals surface area (Å²) in [6.07, 6.45) is 2.90. The van der Waals surface area contributed by atoms with E-state index in [0.717, 1.165) is 43.4 Å². The Bertz CT molecular complexity index is 1510. The zero-order chi connectivity index (χ0) is 25.9. The van der Waals surface area contributed by atoms with Crippen molar-refractivity contribution in [3.8, 4) is 11.5 Å². The lowest BCUT2D eigenvalue weighted by atomic mass is 10.1. The van der Waals surface area contributed by atoms with Gasteiger partial charge in [-0.3, -0.25) is 20.2 Å². The van der Waals surface area contributed by atoms with Gasteiger partial charge in [0.1, 0.15) is 11.2 Å². The molecule has 1 fully saturated rings. The molecule has 1 amide bonds. The van der Waals surface area contributed by atoms with E-state index in [9.17, 15) is 14.9 Å². The molecule has 0 bridgehead atoms. The number of amides is 1. The smallest absolute Gasteiger partial charge is 0.293 e. The molecule has 0 aliphatic carbocycles. The molecule has 1 aromatic heterocycles. The number of fused-ring (bicyclic) bond motifs is 1. The Balaban J connectivity index is 1.29. The number of benzene rings is 3. The number of thiocarbonyl (C=S) groups is 1. The number of carbonyl (C=O) groups is 1. The Morgan fingerprint density at radius 1 is 1.14 bits per heavy atom. The van der Waals surface area contributed by atoms with Crippen molar-refractivity contribution in [1.29, 1.82) is 0 Å². The molecule has 5 rings (SSSR count). The molecule has 188 valence electrons. The van der Waals surface area contributed by atoms with Crippen LogP contribution in [0.4, 0.5) is 17.1 Å². The number of hydrogen-bond donors (Lipinski definition) is 2. The predicted octanol–water partition coefficient (Wildman–Crippen LogP) is 5.69. The molecule has 0 atom stereocenters. The maximum atomic E-state index is 12.8. The van der Waals surface area contributed by atoms with E-state index in [1.807, 2.05) is 41.3 Å². The Morgan fingerprint density at radius 2 is 1.95 bits per heavy atom. The first kappa shape index (κ1) is 24.4. The summed E-state index contributed by atoms with van der Waals surface area (Å²) in [5.41, 5.74) is 4.66. The van der Waals surface area contributed by atoms with Crippen molar-refractivity contribution in [2.24, 2.45) is 0 Å². The topological polar surface area (TPSA) is 114 Å². The number of oxazole rings is 1. The Labute approximate surface area is 218 Å². The number of anilines is 2. The van der Waals surface area contributed by atoms with Crippen molar-refractivity contribution in [2.75, 3.05) is 23.3 Å². The van der Waals surface area contributed by atoms with Gasteiger partial charge < -0.3 is 14.6 Å². The number of aromatic nitrogens is 1. The van der Waals surface area contributed by atoms with Crippen LogP contribution in [-0.4, -0.2) is 34.0 Å². The summed E-state index contributed by atoms with van der Waals surface area (Å²) in [5.74, 6) is -0.0531. The molecule has 0 saturated carbocycles. The number of nitrogens with zero attached hydrogens (tertiary/aromatic N) is 3. The highest BCUT2D eigenvalue weighted by Crippen LogP contribution is 2.32. The van der Waals surface area contributed by atoms with Crippen LogP contribution in [0.1, 0.15) is 35.7 Å². The van der Waals surface area contributed by atoms with Crippen LogP contribution >= 0.6 is 12.2 Å². The summed E-state index contributed by atoms with van der Waals surface area (Å²) in [6.45, 7) is 3.62. The molecule has 10 heteroatoms. The third-order valence-electron chi connectivity index (χ3n) is 6.34. The number of carbonyl (C=O) groups excluding carboxylic acids is 1. The quantitative estimate of drug-likeness (QED) is 0.191. The SMILES string of the molecule is CCc1ccc2oc(-c3cccc(NC(=S)NC(=O)c4ccc(N5CCCC5)c([N+](=O)[O-])c4)c3)nc2c1. The fraction of sp³-hybridized carbons (Fsp3) is 0.222. The highest BCUT2D eigenvalue weighted by Gasteiger charge is 2.24. The van der Waals surface area contributed by atoms with Crippen LogP contribution in [0.5, 0.6) is 0 Å². The van der Waals surface area contributed by atoms with Crippen molar-refractivity contribution in [2.45, 2.75) is 26.2 Å². The van der Waals surface area contributed by atoms with E-state index < -0.39 is 10.8 Å². The Hall–Kier alpha value is -4.31. The molecule has 2 N–H and O–H groups in total. The van der Waals surface area contributed by atoms with Gasteiger partial charge in [0.2, 0.25) is 5.89 Å². The first-order chi connectivity index (χ1) is 17.9. The number of hydrogen-bond acceptors (Lipinski definition) is 7. The minimum absolute atomic E-state index is 0.0681. The van der Waals surface area contributed by atoms with Gasteiger partial charge in [0.05, 0.1) is 4.92 Å². The highest BCUT2D eigenvalue weighted by atomic mass is 32.1. The second-order valence-corrected chi connectivity index (χ2v) is 9.23. The largest absolute Gasteiger partial charge is 0.436 e. The van der Waals surface area contributed by atoms with E-state index in [1.165, 1.54) is 11.6 Å². The van der Waals surface area contributed by atoms with Gasteiger partial charge in [-0.15, -0.1) is 0 Å². The van der Waals surface area contributed by atoms with Gasteiger partial charge in [0, 0.05) is 36.0 Å². The lowest BCUT2D eigenvalue weighted by Crippen LogP contribution is -2.34. The maximum absolute atomic E-state index is 12.8. The van der Waals surface area contributed by atoms with E-state index in [-0.39, 0.29) is 16.4 Å². The second-order valence-electron chi connectivity index (χ2n) is 8.82. The number of nitro benzene ring substituents is 1. The highest BCUT2D eigenvalue weighted by molar-refractivity contribution is 7.80. The van der Waals surface area contributed by atoms with Crippen molar-refractivity contribution in [1.82, 2.24) is 10.3 Å². The third kappa shape index (κ3) is 5.29. The monoisotopic (exact) mass is 515 g/mol. The first-order valence-electron chi connectivity index (χ1n) is 12.1. The van der Waals surface area contributed by atoms with Crippen molar-refractivity contribution >= 4 is 51.4 Å². The van der Waals surface area contributed by atoms with Crippen LogP contribution in [0.3, 0.4) is 0 Å². The van der Waals surface area contributed by atoms with Crippen molar-refractivity contribution in [3.05, 3.63) is 81.9 Å². The standard InChI is InChI=1S/C27H25N5O4S/c1-2-17-8-11-24-21(14-17)29-26(36-24)19-6-5-7-20(15-19)28-27(37)30-25(33)18-9-10-22(23(16-18)32(34)35)31-12-3-4-13-31/h5-11,14-16H,2-4,12-13H2,1H3,(H2,28,30,33,37). The molecule has 37 heavy (non-hydrogen) atoms. The van der Waals surface area contributed by atoms with Gasteiger partial charge in [-0.2, -0.15) is 0 Å². The van der Waals surface area contributed by atoms with Crippen molar-refractivity contribution < 1.29 is 14.1 Å². The minimum atomic E-state index is -0.532. The summed E-state index contributed by atoms with van der Waals surface area (Å²) < 4.78 is 5.91. The predicted molar refractivity (Wildman–Crippen MR) is 147 cm³/mol. The zero-order valence-electron chi connectivity index (χ0n) is 20.2. The van der Waals surface area contributed by atoms with Gasteiger partial charge >= 0.3 is 0 Å². The van der Waals surface area contributed by atoms with E-state index >= 15 is 0 Å². The summed E-state index contributed by atoms with van der Waals surface area (Å²) in [4.78, 5) is 30.6. The molecular formula is C27H25N5O4S. The minimum Gasteiger partial charge on any atom is -0.436 e. The van der Waals surface area contributed by atoms with E-state index in [0.29, 0.717) is 22.8 Å². The number of nitrogens with one attached hydrogen (secondary N) is 2. The molecule has 3 aromatic carbocycles. The molecule has 2 heterocycles. The van der Waals surface area contributed by atoms with Crippen LogP contribution < -0.4 is 15.5 Å². The van der Waals surface area contributed by atoms with Crippen LogP contribution in [0, 0.1) is 10.1 Å². The van der Waals surface area contributed by atoms with Crippen LogP contribution in [-0.2, 0) is 6.42 Å². The molecule has 1 aliphatic rings. The average Bonchev–Trinajstić information content (AvgIpc) is 3.58. The van der Waals surface area contributed by atoms with Crippen LogP contribution in [0.25, 0.3) is 22.6 Å². The second kappa shape index (κ2) is 10.4. The number of nitro groups is 1. The third-order valence-corrected chi connectivity index (χ3v) is 6.54. The fourth-order valence-corrected chi connectivity index (χ4v) is 4.63. The van der Waals surface area contributed by atoms with E-state index in [1.54, 1.807) is 18.2 Å². The lowest BCUT2D eigenvalue weighted by molar-refractivity contribution is -0.384. The van der Waals surface area contributed by atoms with Crippen LogP contribution in [0.15, 0.2) is 65.1 Å². The summed E-state index contributed by atoms with van der Waals surface area (Å²) >= 11 is 5.33. The Morgan fingerprint density at radius 3 is 2.70 bits per heavy atom. The van der Waals surface area contributed by atoms with E-state index in [2.05, 4.69) is 22.5 Å². The van der Waals surface area contributed by atoms with E-state index in [4.69, 9.17) is 16.6 Å². The zero-order valence-corrected chi connectivity index (χ0v) is 21.0. The first-order valence-corrected chi connectivity index (χ1v) is 12.5. The van der Waals surface area contributed by atoms with Gasteiger partial charge in [-0.25, -0.2) is 4.98 Å². The average molecular weight is 516 g/mol.